The first-order valence-electron chi connectivity index (χ1n) is 7.56. The number of rotatable bonds is 4. The maximum absolute atomic E-state index is 4.89. The molecule has 0 fully saturated rings. The van der Waals surface area contributed by atoms with Gasteiger partial charge in [-0.05, 0) is 0 Å². The van der Waals surface area contributed by atoms with Crippen molar-refractivity contribution in [3.05, 3.63) is 36.4 Å². The van der Waals surface area contributed by atoms with E-state index in [1.54, 1.807) is 3.71 Å². The fourth-order valence-corrected chi connectivity index (χ4v) is 7.48. The van der Waals surface area contributed by atoms with Crippen molar-refractivity contribution < 1.29 is 0 Å². The minimum atomic E-state index is -1.74. The minimum absolute atomic E-state index is 1.03. The monoisotopic (exact) mass is 360 g/mol. The van der Waals surface area contributed by atoms with Gasteiger partial charge in [0, 0.05) is 0 Å². The van der Waals surface area contributed by atoms with E-state index in [4.69, 9.17) is 4.98 Å². The molecule has 0 bridgehead atoms. The Morgan fingerprint density at radius 1 is 1.10 bits per heavy atom. The fraction of sp³-hybridized carbons (Fsp3) is 0.353. The molecule has 4 heteroatoms. The number of thiophene rings is 1. The molecular weight excluding hydrogens is 337 g/mol. The molecule has 3 rings (SSSR count). The van der Waals surface area contributed by atoms with Crippen LogP contribution in [0.3, 0.4) is 0 Å². The van der Waals surface area contributed by atoms with Crippen LogP contribution in [0.5, 0.6) is 0 Å². The Hall–Kier alpha value is -1.07. The zero-order chi connectivity index (χ0) is 15.0. The summed E-state index contributed by atoms with van der Waals surface area (Å²) >= 11 is 0.206. The molecular formula is C17H22GeN2S. The molecule has 0 spiro atoms. The van der Waals surface area contributed by atoms with Crippen molar-refractivity contribution in [2.75, 3.05) is 0 Å². The van der Waals surface area contributed by atoms with Crippen LogP contribution in [-0.2, 0) is 6.54 Å². The number of nitrogens with zero attached hydrogens (tertiary/aromatic N) is 2. The van der Waals surface area contributed by atoms with Crippen LogP contribution in [0.4, 0.5) is 0 Å². The maximum atomic E-state index is 4.89. The van der Waals surface area contributed by atoms with Crippen LogP contribution in [0, 0.1) is 0 Å². The van der Waals surface area contributed by atoms with E-state index in [1.165, 1.54) is 10.4 Å². The molecule has 0 radical (unpaired) electrons. The van der Waals surface area contributed by atoms with Gasteiger partial charge in [0.15, 0.2) is 0 Å². The molecule has 0 saturated carbocycles. The van der Waals surface area contributed by atoms with Gasteiger partial charge in [-0.1, -0.05) is 0 Å². The Kier molecular flexibility index (Phi) is 3.97. The number of para-hydroxylation sites is 2. The van der Waals surface area contributed by atoms with Crippen LogP contribution in [-0.4, -0.2) is 22.8 Å². The molecule has 21 heavy (non-hydrogen) atoms. The van der Waals surface area contributed by atoms with Gasteiger partial charge in [0.2, 0.25) is 0 Å². The van der Waals surface area contributed by atoms with Gasteiger partial charge in [-0.25, -0.2) is 0 Å². The molecule has 0 unspecified atom stereocenters. The summed E-state index contributed by atoms with van der Waals surface area (Å²) in [6, 6.07) is 13.1. The second-order valence-corrected chi connectivity index (χ2v) is 18.9. The van der Waals surface area contributed by atoms with Crippen LogP contribution in [0.1, 0.15) is 13.3 Å². The van der Waals surface area contributed by atoms with E-state index in [2.05, 4.69) is 65.2 Å². The summed E-state index contributed by atoms with van der Waals surface area (Å²) in [5.41, 5.74) is 2.36. The standard InChI is InChI=1S/C17H22GeN2S/c1-5-12-20-14-9-7-6-8-13(14)19-17(20)15-10-11-16(21-15)18(2,3)4/h6-11H,5,12H2,1-4H3. The Morgan fingerprint density at radius 3 is 2.52 bits per heavy atom. The van der Waals surface area contributed by atoms with E-state index in [-0.39, 0.29) is 0 Å². The van der Waals surface area contributed by atoms with Gasteiger partial charge < -0.3 is 0 Å². The van der Waals surface area contributed by atoms with Crippen molar-refractivity contribution in [2.45, 2.75) is 37.2 Å². The Morgan fingerprint density at radius 2 is 1.86 bits per heavy atom. The summed E-state index contributed by atoms with van der Waals surface area (Å²) in [4.78, 5) is 6.21. The van der Waals surface area contributed by atoms with Gasteiger partial charge in [0.25, 0.3) is 0 Å². The number of benzene rings is 1. The van der Waals surface area contributed by atoms with Crippen molar-refractivity contribution in [1.82, 2.24) is 9.55 Å². The van der Waals surface area contributed by atoms with Crippen molar-refractivity contribution in [1.29, 1.82) is 0 Å². The number of aromatic nitrogens is 2. The van der Waals surface area contributed by atoms with Crippen LogP contribution >= 0.6 is 11.3 Å². The normalized spacial score (nSPS) is 12.2. The molecule has 3 aromatic rings. The Bertz CT molecular complexity index is 765. The molecule has 0 atom stereocenters. The topological polar surface area (TPSA) is 17.8 Å². The Balaban J connectivity index is 2.15. The SMILES string of the molecule is CCCn1c(-c2cc[c]([Ge]([CH3])([CH3])[CH3])s2)nc2ccccc21. The van der Waals surface area contributed by atoms with Crippen LogP contribution in [0.2, 0.25) is 17.3 Å². The molecule has 110 valence electrons. The first-order valence-corrected chi connectivity index (χ1v) is 15.7. The van der Waals surface area contributed by atoms with Gasteiger partial charge in [-0.15, -0.1) is 0 Å². The summed E-state index contributed by atoms with van der Waals surface area (Å²) in [5, 5.41) is 0. The average Bonchev–Trinajstić information content (AvgIpc) is 3.03. The summed E-state index contributed by atoms with van der Waals surface area (Å²) < 4.78 is 3.97. The van der Waals surface area contributed by atoms with E-state index in [9.17, 15) is 0 Å². The number of fused-ring (bicyclic) bond motifs is 1. The van der Waals surface area contributed by atoms with E-state index < -0.39 is 13.3 Å². The second-order valence-electron chi connectivity index (χ2n) is 6.49. The molecule has 0 aliphatic rings. The summed E-state index contributed by atoms with van der Waals surface area (Å²) in [6.07, 6.45) is 1.13. The van der Waals surface area contributed by atoms with Crippen molar-refractivity contribution >= 4 is 39.3 Å². The summed E-state index contributed by atoms with van der Waals surface area (Å²) in [6.45, 7) is 3.25. The third-order valence-corrected chi connectivity index (χ3v) is 11.8. The van der Waals surface area contributed by atoms with Gasteiger partial charge in [-0.2, -0.15) is 0 Å². The molecule has 2 aromatic heterocycles. The van der Waals surface area contributed by atoms with Gasteiger partial charge in [0.1, 0.15) is 0 Å². The van der Waals surface area contributed by atoms with Crippen LogP contribution in [0.15, 0.2) is 36.4 Å². The molecule has 0 N–H and O–H groups in total. The second kappa shape index (κ2) is 5.61. The zero-order valence-electron chi connectivity index (χ0n) is 13.2. The van der Waals surface area contributed by atoms with E-state index >= 15 is 0 Å². The molecule has 0 aliphatic carbocycles. The zero-order valence-corrected chi connectivity index (χ0v) is 16.1. The first-order chi connectivity index (χ1) is 10.0. The molecule has 0 aliphatic heterocycles. The molecule has 0 saturated heterocycles. The third-order valence-electron chi connectivity index (χ3n) is 3.67. The molecule has 1 aromatic carbocycles. The van der Waals surface area contributed by atoms with Gasteiger partial charge in [-0.3, -0.25) is 0 Å². The number of aryl methyl sites for hydroxylation is 1. The first kappa shape index (κ1) is 14.9. The van der Waals surface area contributed by atoms with Crippen LogP contribution < -0.4 is 3.71 Å². The van der Waals surface area contributed by atoms with E-state index in [0.717, 1.165) is 24.3 Å². The van der Waals surface area contributed by atoms with Crippen molar-refractivity contribution in [3.63, 3.8) is 0 Å². The molecule has 2 nitrogen and oxygen atoms in total. The van der Waals surface area contributed by atoms with Crippen molar-refractivity contribution in [2.24, 2.45) is 0 Å². The number of imidazole rings is 1. The van der Waals surface area contributed by atoms with Gasteiger partial charge >= 0.3 is 133 Å². The van der Waals surface area contributed by atoms with E-state index in [1.807, 2.05) is 11.3 Å². The molecule has 2 heterocycles. The quantitative estimate of drug-likeness (QED) is 0.617. The van der Waals surface area contributed by atoms with Crippen molar-refractivity contribution in [3.8, 4) is 10.7 Å². The summed E-state index contributed by atoms with van der Waals surface area (Å²) in [5.74, 6) is 8.49. The third kappa shape index (κ3) is 2.81. The molecule has 0 amide bonds. The van der Waals surface area contributed by atoms with E-state index in [0.29, 0.717) is 0 Å². The average molecular weight is 359 g/mol. The number of hydrogen-bond acceptors (Lipinski definition) is 2. The Labute approximate surface area is 133 Å². The summed E-state index contributed by atoms with van der Waals surface area (Å²) in [7, 11) is 0. The van der Waals surface area contributed by atoms with Crippen LogP contribution in [0.25, 0.3) is 21.7 Å². The van der Waals surface area contributed by atoms with Gasteiger partial charge in [0.05, 0.1) is 0 Å². The predicted octanol–water partition coefficient (Wildman–Crippen LogP) is 4.72. The fourth-order valence-electron chi connectivity index (χ4n) is 2.57. The number of hydrogen-bond donors (Lipinski definition) is 0. The predicted molar refractivity (Wildman–Crippen MR) is 96.3 cm³/mol.